The van der Waals surface area contributed by atoms with Crippen molar-refractivity contribution in [2.24, 2.45) is 0 Å². The molecule has 0 fully saturated rings. The summed E-state index contributed by atoms with van der Waals surface area (Å²) in [6.07, 6.45) is 3.44. The predicted molar refractivity (Wildman–Crippen MR) is 67.6 cm³/mol. The third-order valence-electron chi connectivity index (χ3n) is 2.18. The van der Waals surface area contributed by atoms with Gasteiger partial charge in [0.2, 0.25) is 0 Å². The molecule has 0 aliphatic rings. The number of para-hydroxylation sites is 1. The molecule has 1 heterocycles. The second-order valence-electron chi connectivity index (χ2n) is 3.40. The summed E-state index contributed by atoms with van der Waals surface area (Å²) < 4.78 is 6.60. The van der Waals surface area contributed by atoms with Crippen LogP contribution in [0.1, 0.15) is 5.56 Å². The number of benzene rings is 1. The van der Waals surface area contributed by atoms with Crippen LogP contribution < -0.4 is 10.5 Å². The lowest BCUT2D eigenvalue weighted by atomic mass is 10.2. The fourth-order valence-corrected chi connectivity index (χ4v) is 1.78. The first-order valence-electron chi connectivity index (χ1n) is 4.81. The van der Waals surface area contributed by atoms with Crippen LogP contribution in [-0.4, -0.2) is 4.98 Å². The fraction of sp³-hybridized carbons (Fsp3) is 0.0833. The van der Waals surface area contributed by atoms with Crippen molar-refractivity contribution in [3.63, 3.8) is 0 Å². The molecule has 16 heavy (non-hydrogen) atoms. The molecular formula is C12H11BrN2O. The lowest BCUT2D eigenvalue weighted by molar-refractivity contribution is 0.477. The van der Waals surface area contributed by atoms with Gasteiger partial charge in [0.15, 0.2) is 5.75 Å². The normalized spacial score (nSPS) is 10.1. The molecule has 1 aromatic carbocycles. The van der Waals surface area contributed by atoms with E-state index in [1.54, 1.807) is 18.5 Å². The molecule has 3 nitrogen and oxygen atoms in total. The Hall–Kier alpha value is -1.55. The lowest BCUT2D eigenvalue weighted by Gasteiger charge is -2.11. The molecule has 0 aliphatic carbocycles. The number of halogens is 1. The maximum Gasteiger partial charge on any atom is 0.164 e. The zero-order valence-electron chi connectivity index (χ0n) is 8.77. The monoisotopic (exact) mass is 278 g/mol. The highest BCUT2D eigenvalue weighted by atomic mass is 79.9. The van der Waals surface area contributed by atoms with Crippen LogP contribution in [0, 0.1) is 6.92 Å². The Morgan fingerprint density at radius 3 is 2.81 bits per heavy atom. The van der Waals surface area contributed by atoms with E-state index < -0.39 is 0 Å². The van der Waals surface area contributed by atoms with Gasteiger partial charge in [0.05, 0.1) is 10.2 Å². The van der Waals surface area contributed by atoms with Gasteiger partial charge in [-0.1, -0.05) is 6.07 Å². The Labute approximate surface area is 102 Å². The maximum atomic E-state index is 5.85. The zero-order valence-corrected chi connectivity index (χ0v) is 10.4. The number of anilines is 1. The van der Waals surface area contributed by atoms with E-state index in [1.165, 1.54) is 0 Å². The molecule has 2 aromatic rings. The van der Waals surface area contributed by atoms with Crippen LogP contribution in [0.15, 0.2) is 41.1 Å². The van der Waals surface area contributed by atoms with E-state index >= 15 is 0 Å². The molecule has 0 amide bonds. The number of hydrogen-bond donors (Lipinski definition) is 1. The van der Waals surface area contributed by atoms with Crippen molar-refractivity contribution in [2.45, 2.75) is 6.92 Å². The van der Waals surface area contributed by atoms with Crippen molar-refractivity contribution < 1.29 is 4.74 Å². The quantitative estimate of drug-likeness (QED) is 0.855. The Morgan fingerprint density at radius 1 is 1.31 bits per heavy atom. The molecule has 0 unspecified atom stereocenters. The van der Waals surface area contributed by atoms with Gasteiger partial charge < -0.3 is 10.5 Å². The van der Waals surface area contributed by atoms with Crippen molar-refractivity contribution in [1.29, 1.82) is 0 Å². The van der Waals surface area contributed by atoms with Gasteiger partial charge in [-0.3, -0.25) is 4.98 Å². The summed E-state index contributed by atoms with van der Waals surface area (Å²) in [6.45, 7) is 1.94. The highest BCUT2D eigenvalue weighted by Crippen LogP contribution is 2.35. The summed E-state index contributed by atoms with van der Waals surface area (Å²) >= 11 is 3.41. The number of pyridine rings is 1. The largest absolute Gasteiger partial charge is 0.454 e. The molecule has 2 rings (SSSR count). The first-order chi connectivity index (χ1) is 7.68. The van der Waals surface area contributed by atoms with Gasteiger partial charge in [-0.2, -0.15) is 0 Å². The van der Waals surface area contributed by atoms with Crippen LogP contribution in [0.4, 0.5) is 5.69 Å². The Bertz CT molecular complexity index is 494. The number of aryl methyl sites for hydroxylation is 1. The van der Waals surface area contributed by atoms with Crippen LogP contribution in [0.5, 0.6) is 11.5 Å². The van der Waals surface area contributed by atoms with Crippen LogP contribution in [0.2, 0.25) is 0 Å². The number of nitrogens with zero attached hydrogens (tertiary/aromatic N) is 1. The summed E-state index contributed by atoms with van der Waals surface area (Å²) in [5, 5.41) is 0. The van der Waals surface area contributed by atoms with Gasteiger partial charge in [-0.05, 0) is 41.1 Å². The van der Waals surface area contributed by atoms with E-state index in [0.29, 0.717) is 11.4 Å². The van der Waals surface area contributed by atoms with E-state index in [1.807, 2.05) is 25.1 Å². The summed E-state index contributed by atoms with van der Waals surface area (Å²) in [7, 11) is 0. The first kappa shape index (κ1) is 11.0. The minimum absolute atomic E-state index is 0.602. The van der Waals surface area contributed by atoms with E-state index in [-0.39, 0.29) is 0 Å². The Balaban J connectivity index is 2.38. The molecule has 0 saturated heterocycles. The average Bonchev–Trinajstić information content (AvgIpc) is 2.26. The maximum absolute atomic E-state index is 5.85. The van der Waals surface area contributed by atoms with Crippen LogP contribution in [0.3, 0.4) is 0 Å². The molecular weight excluding hydrogens is 268 g/mol. The highest BCUT2D eigenvalue weighted by Gasteiger charge is 2.07. The molecule has 1 aromatic heterocycles. The van der Waals surface area contributed by atoms with Gasteiger partial charge >= 0.3 is 0 Å². The topological polar surface area (TPSA) is 48.1 Å². The summed E-state index contributed by atoms with van der Waals surface area (Å²) in [5.74, 6) is 1.39. The van der Waals surface area contributed by atoms with Crippen molar-refractivity contribution in [2.75, 3.05) is 5.73 Å². The van der Waals surface area contributed by atoms with Crippen molar-refractivity contribution >= 4 is 21.6 Å². The summed E-state index contributed by atoms with van der Waals surface area (Å²) in [6, 6.07) is 7.37. The molecule has 0 aliphatic heterocycles. The van der Waals surface area contributed by atoms with E-state index in [0.717, 1.165) is 15.8 Å². The molecule has 4 heteroatoms. The van der Waals surface area contributed by atoms with Crippen LogP contribution >= 0.6 is 15.9 Å². The van der Waals surface area contributed by atoms with E-state index in [4.69, 9.17) is 10.5 Å². The standard InChI is InChI=1S/C12H11BrN2O/c1-8-7-15-6-5-11(8)16-12-9(13)3-2-4-10(12)14/h2-7H,14H2,1H3. The number of rotatable bonds is 2. The van der Waals surface area contributed by atoms with Crippen molar-refractivity contribution in [3.05, 3.63) is 46.7 Å². The Kier molecular flexibility index (Phi) is 3.10. The van der Waals surface area contributed by atoms with Crippen molar-refractivity contribution in [3.8, 4) is 11.5 Å². The number of aromatic nitrogens is 1. The number of nitrogen functional groups attached to an aromatic ring is 1. The zero-order chi connectivity index (χ0) is 11.5. The third kappa shape index (κ3) is 2.17. The third-order valence-corrected chi connectivity index (χ3v) is 2.80. The second-order valence-corrected chi connectivity index (χ2v) is 4.26. The molecule has 2 N–H and O–H groups in total. The fourth-order valence-electron chi connectivity index (χ4n) is 1.32. The molecule has 0 bridgehead atoms. The van der Waals surface area contributed by atoms with Gasteiger partial charge in [0.1, 0.15) is 5.75 Å². The number of ether oxygens (including phenoxy) is 1. The van der Waals surface area contributed by atoms with E-state index in [2.05, 4.69) is 20.9 Å². The minimum Gasteiger partial charge on any atom is -0.454 e. The molecule has 0 atom stereocenters. The summed E-state index contributed by atoms with van der Waals surface area (Å²) in [4.78, 5) is 4.01. The van der Waals surface area contributed by atoms with Crippen LogP contribution in [-0.2, 0) is 0 Å². The smallest absolute Gasteiger partial charge is 0.164 e. The number of hydrogen-bond acceptors (Lipinski definition) is 3. The molecule has 0 radical (unpaired) electrons. The number of nitrogens with two attached hydrogens (primary N) is 1. The summed E-state index contributed by atoms with van der Waals surface area (Å²) in [5.41, 5.74) is 7.42. The lowest BCUT2D eigenvalue weighted by Crippen LogP contribution is -1.94. The molecule has 82 valence electrons. The van der Waals surface area contributed by atoms with Crippen LogP contribution in [0.25, 0.3) is 0 Å². The van der Waals surface area contributed by atoms with Gasteiger partial charge in [-0.25, -0.2) is 0 Å². The van der Waals surface area contributed by atoms with E-state index in [9.17, 15) is 0 Å². The molecule has 0 spiro atoms. The highest BCUT2D eigenvalue weighted by molar-refractivity contribution is 9.10. The Morgan fingerprint density at radius 2 is 2.12 bits per heavy atom. The minimum atomic E-state index is 0.602. The van der Waals surface area contributed by atoms with Gasteiger partial charge in [0, 0.05) is 18.0 Å². The first-order valence-corrected chi connectivity index (χ1v) is 5.60. The SMILES string of the molecule is Cc1cnccc1Oc1c(N)cccc1Br. The van der Waals surface area contributed by atoms with Gasteiger partial charge in [-0.15, -0.1) is 0 Å². The average molecular weight is 279 g/mol. The predicted octanol–water partition coefficient (Wildman–Crippen LogP) is 3.53. The molecule has 0 saturated carbocycles. The van der Waals surface area contributed by atoms with Gasteiger partial charge in [0.25, 0.3) is 0 Å². The second kappa shape index (κ2) is 4.53. The van der Waals surface area contributed by atoms with Crippen molar-refractivity contribution in [1.82, 2.24) is 4.98 Å².